The van der Waals surface area contributed by atoms with E-state index in [1.165, 1.54) is 31.2 Å². The summed E-state index contributed by atoms with van der Waals surface area (Å²) < 4.78 is 20.7. The van der Waals surface area contributed by atoms with Gasteiger partial charge >= 0.3 is 0 Å². The number of hydrogen-bond acceptors (Lipinski definition) is 4. The van der Waals surface area contributed by atoms with E-state index in [-0.39, 0.29) is 11.4 Å². The highest BCUT2D eigenvalue weighted by atomic mass is 19.1. The number of likely N-dealkylation sites (tertiary alicyclic amines) is 1. The van der Waals surface area contributed by atoms with Crippen LogP contribution in [0.2, 0.25) is 0 Å². The Balaban J connectivity index is 1.20. The zero-order valence-corrected chi connectivity index (χ0v) is 20.1. The standard InChI is InChI=1S/C29H36FN3O/c30-28-8-3-7-27-26(28)13-16-32-29(27,23-5-1-2-6-23)24-14-18-33(19-15-24)17-4-20-34-25-11-9-22(21-31)10-12-25/h3,7-12,23-24,32H,1-2,4-6,13-20H2. The average Bonchev–Trinajstić information content (AvgIpc) is 3.43. The Hall–Kier alpha value is -2.42. The molecule has 0 bridgehead atoms. The highest BCUT2D eigenvalue weighted by Gasteiger charge is 2.50. The summed E-state index contributed by atoms with van der Waals surface area (Å²) in [6, 6.07) is 15.2. The minimum absolute atomic E-state index is 0.0129. The lowest BCUT2D eigenvalue weighted by Crippen LogP contribution is -2.59. The van der Waals surface area contributed by atoms with Crippen molar-refractivity contribution in [3.63, 3.8) is 0 Å². The quantitative estimate of drug-likeness (QED) is 0.560. The highest BCUT2D eigenvalue weighted by Crippen LogP contribution is 2.50. The van der Waals surface area contributed by atoms with Gasteiger partial charge < -0.3 is 15.0 Å². The molecule has 2 heterocycles. The SMILES string of the molecule is N#Cc1ccc(OCCCN2CCC(C3(C4CCCC4)NCCc4c(F)cccc43)CC2)cc1. The van der Waals surface area contributed by atoms with Gasteiger partial charge in [0.2, 0.25) is 0 Å². The lowest BCUT2D eigenvalue weighted by Gasteiger charge is -2.52. The Morgan fingerprint density at radius 1 is 1.03 bits per heavy atom. The van der Waals surface area contributed by atoms with Gasteiger partial charge in [-0.25, -0.2) is 4.39 Å². The lowest BCUT2D eigenvalue weighted by atomic mass is 9.63. The number of benzene rings is 2. The molecule has 1 aliphatic carbocycles. The highest BCUT2D eigenvalue weighted by molar-refractivity contribution is 5.39. The van der Waals surface area contributed by atoms with Crippen LogP contribution in [-0.2, 0) is 12.0 Å². The minimum Gasteiger partial charge on any atom is -0.494 e. The molecule has 2 aromatic rings. The molecule has 2 fully saturated rings. The van der Waals surface area contributed by atoms with Crippen molar-refractivity contribution in [1.82, 2.24) is 10.2 Å². The first-order valence-electron chi connectivity index (χ1n) is 13.1. The zero-order chi connectivity index (χ0) is 23.4. The van der Waals surface area contributed by atoms with Crippen LogP contribution in [0.4, 0.5) is 4.39 Å². The maximum atomic E-state index is 14.8. The molecule has 0 amide bonds. The third kappa shape index (κ3) is 4.59. The van der Waals surface area contributed by atoms with Crippen LogP contribution in [0.1, 0.15) is 61.6 Å². The summed E-state index contributed by atoms with van der Waals surface area (Å²) >= 11 is 0. The van der Waals surface area contributed by atoms with Crippen molar-refractivity contribution in [2.24, 2.45) is 11.8 Å². The maximum absolute atomic E-state index is 14.8. The third-order valence-electron chi connectivity index (χ3n) is 8.46. The first-order chi connectivity index (χ1) is 16.7. The predicted molar refractivity (Wildman–Crippen MR) is 132 cm³/mol. The fourth-order valence-corrected chi connectivity index (χ4v) is 6.85. The van der Waals surface area contributed by atoms with Gasteiger partial charge in [-0.3, -0.25) is 0 Å². The van der Waals surface area contributed by atoms with Crippen LogP contribution >= 0.6 is 0 Å². The van der Waals surface area contributed by atoms with Gasteiger partial charge in [0.25, 0.3) is 0 Å². The van der Waals surface area contributed by atoms with Gasteiger partial charge in [-0.15, -0.1) is 0 Å². The van der Waals surface area contributed by atoms with Crippen molar-refractivity contribution >= 4 is 0 Å². The summed E-state index contributed by atoms with van der Waals surface area (Å²) in [6.45, 7) is 4.81. The van der Waals surface area contributed by atoms with Gasteiger partial charge in [-0.05, 0) is 105 Å². The first kappa shape index (κ1) is 23.3. The van der Waals surface area contributed by atoms with Crippen LogP contribution in [0.25, 0.3) is 0 Å². The maximum Gasteiger partial charge on any atom is 0.126 e. The Morgan fingerprint density at radius 3 is 2.50 bits per heavy atom. The van der Waals surface area contributed by atoms with Crippen LogP contribution in [0.5, 0.6) is 5.75 Å². The largest absolute Gasteiger partial charge is 0.494 e. The van der Waals surface area contributed by atoms with Crippen molar-refractivity contribution in [1.29, 1.82) is 5.26 Å². The van der Waals surface area contributed by atoms with E-state index < -0.39 is 0 Å². The van der Waals surface area contributed by atoms with Crippen LogP contribution in [0, 0.1) is 29.0 Å². The van der Waals surface area contributed by atoms with Gasteiger partial charge in [-0.1, -0.05) is 25.0 Å². The summed E-state index contributed by atoms with van der Waals surface area (Å²) in [7, 11) is 0. The van der Waals surface area contributed by atoms with E-state index in [0.29, 0.717) is 24.0 Å². The number of piperidine rings is 1. The molecular weight excluding hydrogens is 425 g/mol. The number of rotatable bonds is 7. The number of ether oxygens (including phenoxy) is 1. The first-order valence-corrected chi connectivity index (χ1v) is 13.1. The fourth-order valence-electron chi connectivity index (χ4n) is 6.85. The molecular formula is C29H36FN3O. The number of fused-ring (bicyclic) bond motifs is 1. The van der Waals surface area contributed by atoms with Gasteiger partial charge in [0.15, 0.2) is 0 Å². The topological polar surface area (TPSA) is 48.3 Å². The second-order valence-electron chi connectivity index (χ2n) is 10.2. The summed E-state index contributed by atoms with van der Waals surface area (Å²) in [5, 5.41) is 12.9. The lowest BCUT2D eigenvalue weighted by molar-refractivity contribution is 0.0537. The molecule has 4 nitrogen and oxygen atoms in total. The van der Waals surface area contributed by atoms with Crippen LogP contribution in [-0.4, -0.2) is 37.7 Å². The molecule has 3 aliphatic rings. The number of nitrogens with one attached hydrogen (secondary N) is 1. The molecule has 180 valence electrons. The molecule has 34 heavy (non-hydrogen) atoms. The van der Waals surface area contributed by atoms with E-state index in [0.717, 1.165) is 63.2 Å². The smallest absolute Gasteiger partial charge is 0.126 e. The molecule has 0 aromatic heterocycles. The van der Waals surface area contributed by atoms with Crippen molar-refractivity contribution in [3.05, 3.63) is 65.0 Å². The van der Waals surface area contributed by atoms with Crippen molar-refractivity contribution in [3.8, 4) is 11.8 Å². The minimum atomic E-state index is -0.0586. The molecule has 1 unspecified atom stereocenters. The Kier molecular flexibility index (Phi) is 7.18. The molecule has 1 saturated heterocycles. The van der Waals surface area contributed by atoms with Crippen molar-refractivity contribution in [2.75, 3.05) is 32.8 Å². The van der Waals surface area contributed by atoms with Gasteiger partial charge in [0, 0.05) is 18.6 Å². The molecule has 1 atom stereocenters. The normalized spacial score (nSPS) is 24.0. The zero-order valence-electron chi connectivity index (χ0n) is 20.1. The molecule has 1 N–H and O–H groups in total. The third-order valence-corrected chi connectivity index (χ3v) is 8.46. The second kappa shape index (κ2) is 10.5. The summed E-state index contributed by atoms with van der Waals surface area (Å²) in [6.07, 6.45) is 9.24. The molecule has 5 heteroatoms. The van der Waals surface area contributed by atoms with E-state index in [4.69, 9.17) is 10.00 Å². The average molecular weight is 462 g/mol. The van der Waals surface area contributed by atoms with Crippen molar-refractivity contribution in [2.45, 2.75) is 56.9 Å². The van der Waals surface area contributed by atoms with Gasteiger partial charge in [0.05, 0.1) is 18.2 Å². The number of halogens is 1. The number of hydrogen-bond donors (Lipinski definition) is 1. The van der Waals surface area contributed by atoms with Gasteiger partial charge in [-0.2, -0.15) is 5.26 Å². The molecule has 2 aliphatic heterocycles. The Labute approximate surface area is 203 Å². The van der Waals surface area contributed by atoms with Crippen LogP contribution < -0.4 is 10.1 Å². The Morgan fingerprint density at radius 2 is 1.76 bits per heavy atom. The summed E-state index contributed by atoms with van der Waals surface area (Å²) in [5.41, 5.74) is 2.83. The molecule has 2 aromatic carbocycles. The number of nitriles is 1. The monoisotopic (exact) mass is 461 g/mol. The van der Waals surface area contributed by atoms with Crippen LogP contribution in [0.3, 0.4) is 0 Å². The van der Waals surface area contributed by atoms with Crippen LogP contribution in [0.15, 0.2) is 42.5 Å². The number of nitrogens with zero attached hydrogens (tertiary/aromatic N) is 2. The van der Waals surface area contributed by atoms with E-state index >= 15 is 0 Å². The molecule has 5 rings (SSSR count). The predicted octanol–water partition coefficient (Wildman–Crippen LogP) is 5.41. The Bertz CT molecular complexity index is 1000. The molecule has 0 radical (unpaired) electrons. The molecule has 1 saturated carbocycles. The molecule has 0 spiro atoms. The summed E-state index contributed by atoms with van der Waals surface area (Å²) in [4.78, 5) is 2.57. The van der Waals surface area contributed by atoms with E-state index in [2.05, 4.69) is 22.4 Å². The second-order valence-corrected chi connectivity index (χ2v) is 10.2. The fraction of sp³-hybridized carbons (Fsp3) is 0.552. The van der Waals surface area contributed by atoms with E-state index in [1.54, 1.807) is 18.2 Å². The van der Waals surface area contributed by atoms with E-state index in [1.807, 2.05) is 18.2 Å². The summed E-state index contributed by atoms with van der Waals surface area (Å²) in [5.74, 6) is 1.99. The van der Waals surface area contributed by atoms with E-state index in [9.17, 15) is 4.39 Å². The van der Waals surface area contributed by atoms with Gasteiger partial charge in [0.1, 0.15) is 11.6 Å². The van der Waals surface area contributed by atoms with Crippen molar-refractivity contribution < 1.29 is 9.13 Å².